The van der Waals surface area contributed by atoms with E-state index < -0.39 is 0 Å². The molecule has 2 aromatic rings. The van der Waals surface area contributed by atoms with Gasteiger partial charge in [0.25, 0.3) is 0 Å². The van der Waals surface area contributed by atoms with E-state index in [1.807, 2.05) is 37.3 Å². The second-order valence-electron chi connectivity index (χ2n) is 3.60. The van der Waals surface area contributed by atoms with Crippen LogP contribution in [-0.2, 0) is 0 Å². The lowest BCUT2D eigenvalue weighted by Crippen LogP contribution is -2.05. The van der Waals surface area contributed by atoms with Crippen LogP contribution in [0.15, 0.2) is 30.3 Å². The molecular weight excluding hydrogens is 297 g/mol. The lowest BCUT2D eigenvalue weighted by atomic mass is 10.2. The van der Waals surface area contributed by atoms with E-state index in [4.69, 9.17) is 34.8 Å². The summed E-state index contributed by atoms with van der Waals surface area (Å²) in [4.78, 5) is 1.14. The summed E-state index contributed by atoms with van der Waals surface area (Å²) in [6.45, 7) is 2.04. The Labute approximate surface area is 119 Å². The van der Waals surface area contributed by atoms with Gasteiger partial charge in [-0.25, -0.2) is 0 Å². The number of hydrogen-bond donors (Lipinski definition) is 1. The summed E-state index contributed by atoms with van der Waals surface area (Å²) in [5.74, 6) is 0. The number of para-hydroxylation sites is 1. The summed E-state index contributed by atoms with van der Waals surface area (Å²) in [5, 5.41) is 4.53. The predicted octanol–water partition coefficient (Wildman–Crippen LogP) is 5.88. The van der Waals surface area contributed by atoms with E-state index in [1.54, 1.807) is 11.3 Å². The number of benzene rings is 1. The van der Waals surface area contributed by atoms with Crippen molar-refractivity contribution in [2.45, 2.75) is 13.0 Å². The van der Waals surface area contributed by atoms with Crippen LogP contribution in [0.2, 0.25) is 14.4 Å². The quantitative estimate of drug-likeness (QED) is 0.746. The van der Waals surface area contributed by atoms with E-state index in [9.17, 15) is 0 Å². The largest absolute Gasteiger partial charge is 0.375 e. The van der Waals surface area contributed by atoms with Gasteiger partial charge in [0.15, 0.2) is 0 Å². The predicted molar refractivity (Wildman–Crippen MR) is 77.8 cm³/mol. The van der Waals surface area contributed by atoms with Gasteiger partial charge in [-0.2, -0.15) is 0 Å². The zero-order chi connectivity index (χ0) is 12.4. The average molecular weight is 307 g/mol. The molecule has 1 heterocycles. The van der Waals surface area contributed by atoms with Crippen LogP contribution in [0.1, 0.15) is 17.8 Å². The minimum Gasteiger partial charge on any atom is -0.375 e. The summed E-state index contributed by atoms with van der Waals surface area (Å²) in [6, 6.07) is 9.43. The van der Waals surface area contributed by atoms with Gasteiger partial charge in [-0.1, -0.05) is 40.9 Å². The molecule has 2 rings (SSSR count). The highest BCUT2D eigenvalue weighted by Gasteiger charge is 2.12. The second-order valence-corrected chi connectivity index (χ2v) is 6.17. The molecule has 1 aromatic carbocycles. The van der Waals surface area contributed by atoms with Crippen LogP contribution in [0.5, 0.6) is 0 Å². The zero-order valence-electron chi connectivity index (χ0n) is 9.01. The summed E-state index contributed by atoms with van der Waals surface area (Å²) in [5.41, 5.74) is 0.757. The molecule has 17 heavy (non-hydrogen) atoms. The third-order valence-electron chi connectivity index (χ3n) is 2.34. The molecule has 1 nitrogen and oxygen atoms in total. The van der Waals surface area contributed by atoms with Gasteiger partial charge in [0, 0.05) is 4.88 Å². The normalized spacial score (nSPS) is 12.5. The summed E-state index contributed by atoms with van der Waals surface area (Å²) in [6.07, 6.45) is 0. The van der Waals surface area contributed by atoms with E-state index in [0.717, 1.165) is 14.9 Å². The van der Waals surface area contributed by atoms with Crippen molar-refractivity contribution in [1.82, 2.24) is 0 Å². The fourth-order valence-electron chi connectivity index (χ4n) is 1.48. The van der Waals surface area contributed by atoms with Crippen molar-refractivity contribution in [3.63, 3.8) is 0 Å². The van der Waals surface area contributed by atoms with Crippen molar-refractivity contribution in [3.05, 3.63) is 49.6 Å². The summed E-state index contributed by atoms with van der Waals surface area (Å²) >= 11 is 19.6. The van der Waals surface area contributed by atoms with Gasteiger partial charge in [-0.15, -0.1) is 11.3 Å². The number of thiophene rings is 1. The monoisotopic (exact) mass is 305 g/mol. The first-order chi connectivity index (χ1) is 8.08. The molecule has 0 spiro atoms. The van der Waals surface area contributed by atoms with Crippen molar-refractivity contribution in [1.29, 1.82) is 0 Å². The Bertz CT molecular complexity index is 504. The second kappa shape index (κ2) is 5.49. The Balaban J connectivity index is 2.21. The Kier molecular flexibility index (Phi) is 4.21. The molecule has 0 amide bonds. The fourth-order valence-corrected chi connectivity index (χ4v) is 3.05. The molecule has 1 aromatic heterocycles. The van der Waals surface area contributed by atoms with Crippen molar-refractivity contribution >= 4 is 51.8 Å². The highest BCUT2D eigenvalue weighted by atomic mass is 35.5. The Morgan fingerprint density at radius 2 is 1.71 bits per heavy atom. The SMILES string of the molecule is CC(Nc1c(Cl)cccc1Cl)c1ccc(Cl)s1. The van der Waals surface area contributed by atoms with Gasteiger partial charge in [0.1, 0.15) is 0 Å². The van der Waals surface area contributed by atoms with Gasteiger partial charge in [0.05, 0.1) is 26.1 Å². The molecule has 0 saturated carbocycles. The van der Waals surface area contributed by atoms with Gasteiger partial charge < -0.3 is 5.32 Å². The van der Waals surface area contributed by atoms with Crippen LogP contribution in [-0.4, -0.2) is 0 Å². The molecule has 0 fully saturated rings. The number of anilines is 1. The van der Waals surface area contributed by atoms with Crippen LogP contribution in [0.4, 0.5) is 5.69 Å². The van der Waals surface area contributed by atoms with Gasteiger partial charge in [-0.05, 0) is 31.2 Å². The van der Waals surface area contributed by atoms with Crippen molar-refractivity contribution < 1.29 is 0 Å². The van der Waals surface area contributed by atoms with Crippen LogP contribution < -0.4 is 5.32 Å². The fraction of sp³-hybridized carbons (Fsp3) is 0.167. The van der Waals surface area contributed by atoms with Crippen LogP contribution in [0, 0.1) is 0 Å². The van der Waals surface area contributed by atoms with Gasteiger partial charge in [0.2, 0.25) is 0 Å². The first kappa shape index (κ1) is 13.0. The molecule has 5 heteroatoms. The van der Waals surface area contributed by atoms with Crippen molar-refractivity contribution in [3.8, 4) is 0 Å². The molecule has 0 aliphatic carbocycles. The van der Waals surface area contributed by atoms with Gasteiger partial charge in [-0.3, -0.25) is 0 Å². The average Bonchev–Trinajstić information content (AvgIpc) is 2.70. The number of nitrogens with one attached hydrogen (secondary N) is 1. The molecule has 1 atom stereocenters. The first-order valence-corrected chi connectivity index (χ1v) is 6.98. The minimum absolute atomic E-state index is 0.116. The van der Waals surface area contributed by atoms with Gasteiger partial charge >= 0.3 is 0 Å². The molecule has 90 valence electrons. The molecule has 1 unspecified atom stereocenters. The number of rotatable bonds is 3. The number of halogens is 3. The smallest absolute Gasteiger partial charge is 0.0932 e. The standard InChI is InChI=1S/C12H10Cl3NS/c1-7(10-5-6-11(15)17-10)16-12-8(13)3-2-4-9(12)14/h2-7,16H,1H3. The van der Waals surface area contributed by atoms with E-state index in [2.05, 4.69) is 5.32 Å². The highest BCUT2D eigenvalue weighted by molar-refractivity contribution is 7.16. The molecular formula is C12H10Cl3NS. The molecule has 0 aliphatic heterocycles. The van der Waals surface area contributed by atoms with Crippen molar-refractivity contribution in [2.24, 2.45) is 0 Å². The van der Waals surface area contributed by atoms with Crippen LogP contribution in [0.25, 0.3) is 0 Å². The Hall–Kier alpha value is -0.410. The lowest BCUT2D eigenvalue weighted by Gasteiger charge is -2.16. The minimum atomic E-state index is 0.116. The van der Waals surface area contributed by atoms with Crippen molar-refractivity contribution in [2.75, 3.05) is 5.32 Å². The molecule has 1 N–H and O–H groups in total. The summed E-state index contributed by atoms with van der Waals surface area (Å²) < 4.78 is 0.777. The molecule has 0 aliphatic rings. The van der Waals surface area contributed by atoms with E-state index in [0.29, 0.717) is 10.0 Å². The highest BCUT2D eigenvalue weighted by Crippen LogP contribution is 2.35. The maximum absolute atomic E-state index is 6.10. The first-order valence-electron chi connectivity index (χ1n) is 5.03. The number of hydrogen-bond acceptors (Lipinski definition) is 2. The Morgan fingerprint density at radius 3 is 2.24 bits per heavy atom. The zero-order valence-corrected chi connectivity index (χ0v) is 12.1. The van der Waals surface area contributed by atoms with Crippen LogP contribution >= 0.6 is 46.1 Å². The molecule has 0 radical (unpaired) electrons. The lowest BCUT2D eigenvalue weighted by molar-refractivity contribution is 0.908. The maximum atomic E-state index is 6.10. The molecule has 0 saturated heterocycles. The Morgan fingerprint density at radius 1 is 1.06 bits per heavy atom. The third kappa shape index (κ3) is 3.08. The summed E-state index contributed by atoms with van der Waals surface area (Å²) in [7, 11) is 0. The van der Waals surface area contributed by atoms with E-state index >= 15 is 0 Å². The van der Waals surface area contributed by atoms with E-state index in [1.165, 1.54) is 0 Å². The van der Waals surface area contributed by atoms with E-state index in [-0.39, 0.29) is 6.04 Å². The molecule has 0 bridgehead atoms. The third-order valence-corrected chi connectivity index (χ3v) is 4.39. The van der Waals surface area contributed by atoms with Crippen LogP contribution in [0.3, 0.4) is 0 Å². The maximum Gasteiger partial charge on any atom is 0.0932 e. The topological polar surface area (TPSA) is 12.0 Å².